The van der Waals surface area contributed by atoms with Gasteiger partial charge in [0, 0.05) is 32.6 Å². The lowest BCUT2D eigenvalue weighted by Crippen LogP contribution is -2.50. The monoisotopic (exact) mass is 368 g/mol. The van der Waals surface area contributed by atoms with Gasteiger partial charge < -0.3 is 9.64 Å². The van der Waals surface area contributed by atoms with Crippen LogP contribution < -0.4 is 4.74 Å². The van der Waals surface area contributed by atoms with Crippen LogP contribution in [-0.4, -0.2) is 56.8 Å². The van der Waals surface area contributed by atoms with E-state index in [-0.39, 0.29) is 5.91 Å². The molecule has 0 aromatic heterocycles. The third kappa shape index (κ3) is 3.82. The smallest absolute Gasteiger partial charge is 0.243 e. The maximum atomic E-state index is 13.1. The lowest BCUT2D eigenvalue weighted by molar-refractivity contribution is -0.132. The second-order valence-corrected chi connectivity index (χ2v) is 8.42. The Bertz CT molecular complexity index is 751. The number of sulfonamides is 1. The average molecular weight is 368 g/mol. The van der Waals surface area contributed by atoms with Gasteiger partial charge in [-0.15, -0.1) is 0 Å². The Kier molecular flexibility index (Phi) is 6.11. The van der Waals surface area contributed by atoms with Crippen molar-refractivity contribution in [3.05, 3.63) is 22.8 Å². The highest BCUT2D eigenvalue weighted by atomic mass is 32.2. The van der Waals surface area contributed by atoms with Crippen LogP contribution in [0.2, 0.25) is 0 Å². The third-order valence-electron chi connectivity index (χ3n) is 4.86. The van der Waals surface area contributed by atoms with Crippen LogP contribution in [0.4, 0.5) is 0 Å². The topological polar surface area (TPSA) is 66.9 Å². The van der Waals surface area contributed by atoms with Gasteiger partial charge in [-0.3, -0.25) is 4.79 Å². The summed E-state index contributed by atoms with van der Waals surface area (Å²) in [5.41, 5.74) is 2.37. The number of rotatable bonds is 5. The van der Waals surface area contributed by atoms with Gasteiger partial charge in [0.05, 0.1) is 12.0 Å². The molecular weight excluding hydrogens is 340 g/mol. The van der Waals surface area contributed by atoms with Crippen LogP contribution >= 0.6 is 0 Å². The van der Waals surface area contributed by atoms with Gasteiger partial charge in [-0.05, 0) is 49.9 Å². The summed E-state index contributed by atoms with van der Waals surface area (Å²) in [5.74, 6) is 0.832. The molecule has 7 heteroatoms. The highest BCUT2D eigenvalue weighted by Crippen LogP contribution is 2.32. The fourth-order valence-electron chi connectivity index (χ4n) is 3.29. The van der Waals surface area contributed by atoms with Crippen LogP contribution in [0.5, 0.6) is 5.75 Å². The Morgan fingerprint density at radius 2 is 1.72 bits per heavy atom. The first-order valence-electron chi connectivity index (χ1n) is 8.66. The number of nitrogens with zero attached hydrogens (tertiary/aromatic N) is 2. The van der Waals surface area contributed by atoms with Gasteiger partial charge in [-0.25, -0.2) is 8.42 Å². The van der Waals surface area contributed by atoms with Crippen LogP contribution in [-0.2, 0) is 14.8 Å². The summed E-state index contributed by atoms with van der Waals surface area (Å²) in [4.78, 5) is 14.1. The maximum Gasteiger partial charge on any atom is 0.243 e. The first-order chi connectivity index (χ1) is 11.7. The number of carbonyl (C=O) groups is 1. The summed E-state index contributed by atoms with van der Waals surface area (Å²) in [5, 5.41) is 0. The van der Waals surface area contributed by atoms with Crippen LogP contribution in [0.25, 0.3) is 0 Å². The lowest BCUT2D eigenvalue weighted by Gasteiger charge is -2.34. The highest BCUT2D eigenvalue weighted by Gasteiger charge is 2.32. The van der Waals surface area contributed by atoms with E-state index in [1.54, 1.807) is 18.1 Å². The lowest BCUT2D eigenvalue weighted by atomic mass is 10.1. The Morgan fingerprint density at radius 3 is 2.24 bits per heavy atom. The molecule has 0 radical (unpaired) electrons. The van der Waals surface area contributed by atoms with E-state index in [4.69, 9.17) is 4.74 Å². The molecule has 1 fully saturated rings. The van der Waals surface area contributed by atoms with Gasteiger partial charge in [-0.1, -0.05) is 6.92 Å². The predicted octanol–water partition coefficient (Wildman–Crippen LogP) is 2.25. The number of ether oxygens (including phenoxy) is 1. The van der Waals surface area contributed by atoms with E-state index in [1.165, 1.54) is 4.31 Å². The number of carbonyl (C=O) groups excluding carboxylic acids is 1. The molecule has 0 bridgehead atoms. The molecule has 1 heterocycles. The SMILES string of the molecule is CCCC(=O)N1CCN(S(=O)(=O)c2cc(C)c(OC)c(C)c2C)CC1. The summed E-state index contributed by atoms with van der Waals surface area (Å²) >= 11 is 0. The van der Waals surface area contributed by atoms with E-state index in [9.17, 15) is 13.2 Å². The molecule has 1 aromatic carbocycles. The fraction of sp³-hybridized carbons (Fsp3) is 0.611. The number of amides is 1. The van der Waals surface area contributed by atoms with E-state index in [0.29, 0.717) is 43.1 Å². The zero-order valence-electron chi connectivity index (χ0n) is 15.8. The van der Waals surface area contributed by atoms with Gasteiger partial charge in [0.2, 0.25) is 15.9 Å². The van der Waals surface area contributed by atoms with E-state index >= 15 is 0 Å². The van der Waals surface area contributed by atoms with Crippen molar-refractivity contribution in [3.63, 3.8) is 0 Å². The fourth-order valence-corrected chi connectivity index (χ4v) is 5.08. The summed E-state index contributed by atoms with van der Waals surface area (Å²) in [6.45, 7) is 9.08. The van der Waals surface area contributed by atoms with E-state index < -0.39 is 10.0 Å². The Labute approximate surface area is 150 Å². The molecule has 0 atom stereocenters. The Morgan fingerprint density at radius 1 is 1.12 bits per heavy atom. The molecule has 1 saturated heterocycles. The number of aryl methyl sites for hydroxylation is 1. The molecule has 1 aliphatic heterocycles. The predicted molar refractivity (Wildman–Crippen MR) is 97.5 cm³/mol. The van der Waals surface area contributed by atoms with Crippen molar-refractivity contribution in [1.82, 2.24) is 9.21 Å². The minimum absolute atomic E-state index is 0.104. The van der Waals surface area contributed by atoms with Crippen molar-refractivity contribution in [3.8, 4) is 5.75 Å². The first-order valence-corrected chi connectivity index (χ1v) is 10.1. The molecule has 1 amide bonds. The molecule has 6 nitrogen and oxygen atoms in total. The molecule has 0 N–H and O–H groups in total. The molecule has 25 heavy (non-hydrogen) atoms. The summed E-state index contributed by atoms with van der Waals surface area (Å²) in [7, 11) is -1.99. The van der Waals surface area contributed by atoms with Gasteiger partial charge in [0.1, 0.15) is 5.75 Å². The molecule has 0 aliphatic carbocycles. The maximum absolute atomic E-state index is 13.1. The number of benzene rings is 1. The van der Waals surface area contributed by atoms with E-state index in [2.05, 4.69) is 0 Å². The Hall–Kier alpha value is -1.60. The quantitative estimate of drug-likeness (QED) is 0.799. The molecule has 0 saturated carbocycles. The van der Waals surface area contributed by atoms with Crippen LogP contribution in [0, 0.1) is 20.8 Å². The number of hydrogen-bond acceptors (Lipinski definition) is 4. The van der Waals surface area contributed by atoms with Crippen LogP contribution in [0.1, 0.15) is 36.5 Å². The van der Waals surface area contributed by atoms with Gasteiger partial charge >= 0.3 is 0 Å². The van der Waals surface area contributed by atoms with Gasteiger partial charge in [0.15, 0.2) is 0 Å². The molecular formula is C18H28N2O4S. The largest absolute Gasteiger partial charge is 0.496 e. The van der Waals surface area contributed by atoms with Gasteiger partial charge in [-0.2, -0.15) is 4.31 Å². The van der Waals surface area contributed by atoms with E-state index in [1.807, 2.05) is 27.7 Å². The number of methoxy groups -OCH3 is 1. The van der Waals surface area contributed by atoms with Crippen molar-refractivity contribution in [2.24, 2.45) is 0 Å². The van der Waals surface area contributed by atoms with Crippen LogP contribution in [0.15, 0.2) is 11.0 Å². The molecule has 1 aliphatic rings. The van der Waals surface area contributed by atoms with Crippen LogP contribution in [0.3, 0.4) is 0 Å². The molecule has 140 valence electrons. The molecule has 0 unspecified atom stereocenters. The molecule has 0 spiro atoms. The zero-order chi connectivity index (χ0) is 18.8. The van der Waals surface area contributed by atoms with Crippen molar-refractivity contribution in [2.75, 3.05) is 33.3 Å². The normalized spacial score (nSPS) is 16.1. The van der Waals surface area contributed by atoms with Crippen molar-refractivity contribution < 1.29 is 17.9 Å². The number of piperazine rings is 1. The highest BCUT2D eigenvalue weighted by molar-refractivity contribution is 7.89. The third-order valence-corrected chi connectivity index (χ3v) is 6.88. The summed E-state index contributed by atoms with van der Waals surface area (Å²) in [6, 6.07) is 1.69. The average Bonchev–Trinajstić information content (AvgIpc) is 2.58. The van der Waals surface area contributed by atoms with Crippen molar-refractivity contribution >= 4 is 15.9 Å². The second-order valence-electron chi connectivity index (χ2n) is 6.51. The minimum atomic E-state index is -3.58. The first kappa shape index (κ1) is 19.7. The van der Waals surface area contributed by atoms with Crippen molar-refractivity contribution in [1.29, 1.82) is 0 Å². The molecule has 2 rings (SSSR count). The van der Waals surface area contributed by atoms with Gasteiger partial charge in [0.25, 0.3) is 0 Å². The number of hydrogen-bond donors (Lipinski definition) is 0. The molecule has 1 aromatic rings. The summed E-state index contributed by atoms with van der Waals surface area (Å²) in [6.07, 6.45) is 1.32. The summed E-state index contributed by atoms with van der Waals surface area (Å²) < 4.78 is 33.1. The zero-order valence-corrected chi connectivity index (χ0v) is 16.6. The van der Waals surface area contributed by atoms with Crippen molar-refractivity contribution in [2.45, 2.75) is 45.4 Å². The second kappa shape index (κ2) is 7.74. The standard InChI is InChI=1S/C18H28N2O4S/c1-6-7-17(21)19-8-10-20(11-9-19)25(22,23)16-12-13(2)18(24-5)15(4)14(16)3/h12H,6-11H2,1-5H3. The Balaban J connectivity index is 2.25. The van der Waals surface area contributed by atoms with E-state index in [0.717, 1.165) is 23.3 Å². The minimum Gasteiger partial charge on any atom is -0.496 e.